The van der Waals surface area contributed by atoms with Gasteiger partial charge in [0.15, 0.2) is 5.82 Å². The fourth-order valence-electron chi connectivity index (χ4n) is 3.64. The van der Waals surface area contributed by atoms with Gasteiger partial charge in [-0.3, -0.25) is 0 Å². The van der Waals surface area contributed by atoms with Gasteiger partial charge in [-0.1, -0.05) is 11.6 Å². The fraction of sp³-hybridized carbons (Fsp3) is 0.474. The molecule has 2 aromatic rings. The first-order chi connectivity index (χ1) is 14.5. The molecule has 0 radical (unpaired) electrons. The van der Waals surface area contributed by atoms with E-state index in [1.807, 2.05) is 6.07 Å². The van der Waals surface area contributed by atoms with E-state index in [0.29, 0.717) is 44.4 Å². The van der Waals surface area contributed by atoms with E-state index in [1.165, 1.54) is 17.5 Å². The molecule has 1 aromatic heterocycles. The first kappa shape index (κ1) is 21.1. The number of anilines is 2. The lowest BCUT2D eigenvalue weighted by Crippen LogP contribution is -2.49. The molecule has 2 aliphatic rings. The molecule has 0 spiro atoms. The topological polar surface area (TPSA) is 88.1 Å². The Morgan fingerprint density at radius 2 is 1.77 bits per heavy atom. The molecule has 30 heavy (non-hydrogen) atoms. The van der Waals surface area contributed by atoms with Crippen molar-refractivity contribution in [2.75, 3.05) is 69.4 Å². The molecule has 0 unspecified atom stereocenters. The molecule has 9 nitrogen and oxygen atoms in total. The zero-order valence-electron chi connectivity index (χ0n) is 16.7. The summed E-state index contributed by atoms with van der Waals surface area (Å²) in [6.45, 7) is 4.73. The van der Waals surface area contributed by atoms with Gasteiger partial charge in [0, 0.05) is 50.4 Å². The number of ether oxygens (including phenoxy) is 2. The monoisotopic (exact) mass is 453 g/mol. The Bertz CT molecular complexity index is 992. The fourth-order valence-corrected chi connectivity index (χ4v) is 5.48. The summed E-state index contributed by atoms with van der Waals surface area (Å²) in [5, 5.41) is 8.75. The van der Waals surface area contributed by atoms with E-state index in [-0.39, 0.29) is 10.6 Å². The smallest absolute Gasteiger partial charge is 0.246 e. The number of hydrogen-bond donors (Lipinski definition) is 0. The maximum Gasteiger partial charge on any atom is 0.246 e. The van der Waals surface area contributed by atoms with Crippen molar-refractivity contribution in [3.8, 4) is 5.75 Å². The standard InChI is InChI=1S/C19H24ClN5O4S/c1-28-17-3-2-15(20)12-18(17)30(26,27)25-6-4-24(5-7-25)19-13-16(14-21-22-19)23-8-10-29-11-9-23/h2-3,12-14H,4-11H2,1H3. The van der Waals surface area contributed by atoms with Crippen LogP contribution in [0.4, 0.5) is 11.5 Å². The number of nitrogens with zero attached hydrogens (tertiary/aromatic N) is 5. The van der Waals surface area contributed by atoms with E-state index in [4.69, 9.17) is 21.1 Å². The van der Waals surface area contributed by atoms with Crippen molar-refractivity contribution in [1.82, 2.24) is 14.5 Å². The molecule has 0 bridgehead atoms. The van der Waals surface area contributed by atoms with Crippen LogP contribution < -0.4 is 14.5 Å². The van der Waals surface area contributed by atoms with Crippen LogP contribution in [0.25, 0.3) is 0 Å². The molecule has 0 N–H and O–H groups in total. The third-order valence-corrected chi connectivity index (χ3v) is 7.46. The zero-order chi connectivity index (χ0) is 21.1. The normalized spacial score (nSPS) is 18.5. The van der Waals surface area contributed by atoms with Gasteiger partial charge in [0.25, 0.3) is 0 Å². The summed E-state index contributed by atoms with van der Waals surface area (Å²) in [5.41, 5.74) is 1.00. The van der Waals surface area contributed by atoms with Gasteiger partial charge in [-0.25, -0.2) is 8.42 Å². The molecular weight excluding hydrogens is 430 g/mol. The Morgan fingerprint density at radius 1 is 1.03 bits per heavy atom. The number of rotatable bonds is 5. The molecule has 2 fully saturated rings. The number of aromatic nitrogens is 2. The van der Waals surface area contributed by atoms with E-state index < -0.39 is 10.0 Å². The van der Waals surface area contributed by atoms with Crippen LogP contribution >= 0.6 is 11.6 Å². The first-order valence-corrected chi connectivity index (χ1v) is 11.5. The van der Waals surface area contributed by atoms with Crippen LogP contribution in [0.3, 0.4) is 0 Å². The summed E-state index contributed by atoms with van der Waals surface area (Å²) in [6, 6.07) is 6.61. The van der Waals surface area contributed by atoms with Gasteiger partial charge in [-0.2, -0.15) is 9.40 Å². The molecule has 2 aliphatic heterocycles. The highest BCUT2D eigenvalue weighted by molar-refractivity contribution is 7.89. The number of hydrogen-bond acceptors (Lipinski definition) is 8. The van der Waals surface area contributed by atoms with Crippen molar-refractivity contribution in [1.29, 1.82) is 0 Å². The van der Waals surface area contributed by atoms with Gasteiger partial charge >= 0.3 is 0 Å². The minimum atomic E-state index is -3.72. The quantitative estimate of drug-likeness (QED) is 0.672. The Kier molecular flexibility index (Phi) is 6.28. The summed E-state index contributed by atoms with van der Waals surface area (Å²) in [5.74, 6) is 1.03. The largest absolute Gasteiger partial charge is 0.495 e. The SMILES string of the molecule is COc1ccc(Cl)cc1S(=O)(=O)N1CCN(c2cc(N3CCOCC3)cnn2)CC1. The van der Waals surface area contributed by atoms with Crippen LogP contribution in [0, 0.1) is 0 Å². The van der Waals surface area contributed by atoms with Crippen LogP contribution in [-0.2, 0) is 14.8 Å². The van der Waals surface area contributed by atoms with E-state index in [1.54, 1.807) is 18.3 Å². The Morgan fingerprint density at radius 3 is 2.47 bits per heavy atom. The number of sulfonamides is 1. The molecule has 11 heteroatoms. The highest BCUT2D eigenvalue weighted by Gasteiger charge is 2.31. The van der Waals surface area contributed by atoms with Crippen molar-refractivity contribution in [2.45, 2.75) is 4.90 Å². The molecule has 2 saturated heterocycles. The summed E-state index contributed by atoms with van der Waals surface area (Å²) in [4.78, 5) is 4.35. The predicted molar refractivity (Wildman–Crippen MR) is 114 cm³/mol. The minimum Gasteiger partial charge on any atom is -0.495 e. The Labute approximate surface area is 181 Å². The number of morpholine rings is 1. The Balaban J connectivity index is 1.47. The predicted octanol–water partition coefficient (Wildman–Crippen LogP) is 1.49. The average molecular weight is 454 g/mol. The molecule has 0 atom stereocenters. The van der Waals surface area contributed by atoms with Crippen LogP contribution in [0.2, 0.25) is 5.02 Å². The zero-order valence-corrected chi connectivity index (χ0v) is 18.3. The maximum absolute atomic E-state index is 13.1. The van der Waals surface area contributed by atoms with E-state index in [9.17, 15) is 8.42 Å². The Hall–Kier alpha value is -2.14. The number of benzene rings is 1. The van der Waals surface area contributed by atoms with Gasteiger partial charge in [0.2, 0.25) is 10.0 Å². The summed E-state index contributed by atoms with van der Waals surface area (Å²) in [7, 11) is -2.27. The minimum absolute atomic E-state index is 0.0834. The van der Waals surface area contributed by atoms with Crippen molar-refractivity contribution >= 4 is 33.1 Å². The molecule has 0 aliphatic carbocycles. The highest BCUT2D eigenvalue weighted by atomic mass is 35.5. The lowest BCUT2D eigenvalue weighted by atomic mass is 10.3. The summed E-state index contributed by atoms with van der Waals surface area (Å²) in [6.07, 6.45) is 1.75. The van der Waals surface area contributed by atoms with Crippen LogP contribution in [-0.4, -0.2) is 82.5 Å². The molecule has 3 heterocycles. The lowest BCUT2D eigenvalue weighted by molar-refractivity contribution is 0.122. The van der Waals surface area contributed by atoms with Crippen molar-refractivity contribution in [2.24, 2.45) is 0 Å². The molecule has 4 rings (SSSR count). The third kappa shape index (κ3) is 4.31. The van der Waals surface area contributed by atoms with Crippen LogP contribution in [0.1, 0.15) is 0 Å². The first-order valence-electron chi connectivity index (χ1n) is 9.73. The van der Waals surface area contributed by atoms with Crippen LogP contribution in [0.15, 0.2) is 35.4 Å². The third-order valence-electron chi connectivity index (χ3n) is 5.31. The van der Waals surface area contributed by atoms with Gasteiger partial charge in [0.05, 0.1) is 32.2 Å². The van der Waals surface area contributed by atoms with Crippen molar-refractivity contribution in [3.63, 3.8) is 0 Å². The average Bonchev–Trinajstić information content (AvgIpc) is 2.80. The summed E-state index contributed by atoms with van der Waals surface area (Å²) < 4.78 is 38.4. The molecule has 0 saturated carbocycles. The van der Waals surface area contributed by atoms with Gasteiger partial charge < -0.3 is 19.3 Å². The lowest BCUT2D eigenvalue weighted by Gasteiger charge is -2.35. The van der Waals surface area contributed by atoms with E-state index in [2.05, 4.69) is 20.0 Å². The number of methoxy groups -OCH3 is 1. The number of piperazine rings is 1. The van der Waals surface area contributed by atoms with Crippen molar-refractivity contribution < 1.29 is 17.9 Å². The van der Waals surface area contributed by atoms with Crippen molar-refractivity contribution in [3.05, 3.63) is 35.5 Å². The molecule has 162 valence electrons. The van der Waals surface area contributed by atoms with Gasteiger partial charge in [-0.15, -0.1) is 5.10 Å². The second kappa shape index (κ2) is 8.93. The van der Waals surface area contributed by atoms with Gasteiger partial charge in [0.1, 0.15) is 10.6 Å². The second-order valence-corrected chi connectivity index (χ2v) is 9.40. The number of halogens is 1. The van der Waals surface area contributed by atoms with Crippen LogP contribution in [0.5, 0.6) is 5.75 Å². The highest BCUT2D eigenvalue weighted by Crippen LogP contribution is 2.30. The molecule has 0 amide bonds. The maximum atomic E-state index is 13.1. The summed E-state index contributed by atoms with van der Waals surface area (Å²) >= 11 is 6.03. The van der Waals surface area contributed by atoms with E-state index in [0.717, 1.165) is 24.6 Å². The van der Waals surface area contributed by atoms with Gasteiger partial charge in [-0.05, 0) is 18.2 Å². The molecular formula is C19H24ClN5O4S. The van der Waals surface area contributed by atoms with E-state index >= 15 is 0 Å². The second-order valence-electron chi connectivity index (χ2n) is 7.06. The molecule has 1 aromatic carbocycles.